The molecular weight excluding hydrogens is 258 g/mol. The molecule has 0 aliphatic carbocycles. The lowest BCUT2D eigenvalue weighted by Crippen LogP contribution is -2.48. The molecule has 0 radical (unpaired) electrons. The highest BCUT2D eigenvalue weighted by Gasteiger charge is 2.28. The third-order valence-corrected chi connectivity index (χ3v) is 4.23. The van der Waals surface area contributed by atoms with E-state index < -0.39 is 0 Å². The first-order chi connectivity index (χ1) is 9.56. The predicted molar refractivity (Wildman–Crippen MR) is 75.0 cm³/mol. The van der Waals surface area contributed by atoms with Gasteiger partial charge in [-0.25, -0.2) is 0 Å². The summed E-state index contributed by atoms with van der Waals surface area (Å²) >= 11 is 0. The van der Waals surface area contributed by atoms with E-state index in [0.717, 1.165) is 32.4 Å². The molecule has 2 fully saturated rings. The van der Waals surface area contributed by atoms with E-state index in [1.807, 2.05) is 4.90 Å². The number of nitrogens with one attached hydrogen (secondary N) is 2. The molecule has 0 aromatic carbocycles. The van der Waals surface area contributed by atoms with Crippen LogP contribution in [0.4, 0.5) is 0 Å². The first kappa shape index (κ1) is 15.3. The molecule has 20 heavy (non-hydrogen) atoms. The molecule has 2 rings (SSSR count). The fraction of sp³-hybridized carbons (Fsp3) is 0.857. The second-order valence-corrected chi connectivity index (χ2v) is 5.93. The lowest BCUT2D eigenvalue weighted by Gasteiger charge is -2.19. The Labute approximate surface area is 119 Å². The van der Waals surface area contributed by atoms with Gasteiger partial charge >= 0.3 is 0 Å². The number of carbonyl (C=O) groups is 2. The molecule has 0 unspecified atom stereocenters. The molecule has 3 atom stereocenters. The van der Waals surface area contributed by atoms with E-state index in [-0.39, 0.29) is 29.9 Å². The van der Waals surface area contributed by atoms with Gasteiger partial charge in [-0.05, 0) is 45.1 Å². The maximum Gasteiger partial charge on any atom is 0.242 e. The van der Waals surface area contributed by atoms with Crippen molar-refractivity contribution in [3.05, 3.63) is 0 Å². The smallest absolute Gasteiger partial charge is 0.242 e. The standard InChI is InChI=1S/C14H25N3O3/c1-10(18)11-5-7-17(8-11)9-13(19)16-12-4-2-3-6-15-14(12)20/h10-12,18H,2-9H2,1H3,(H,15,20)(H,16,19)/t10-,11+,12-/m0/s1. The Morgan fingerprint density at radius 1 is 1.50 bits per heavy atom. The van der Waals surface area contributed by atoms with Crippen LogP contribution >= 0.6 is 0 Å². The quantitative estimate of drug-likeness (QED) is 0.648. The number of aliphatic hydroxyl groups excluding tert-OH is 1. The molecule has 6 nitrogen and oxygen atoms in total. The van der Waals surface area contributed by atoms with E-state index in [4.69, 9.17) is 0 Å². The molecule has 0 aromatic heterocycles. The van der Waals surface area contributed by atoms with Gasteiger partial charge in [-0.3, -0.25) is 14.5 Å². The molecule has 0 spiro atoms. The van der Waals surface area contributed by atoms with Crippen LogP contribution in [-0.2, 0) is 9.59 Å². The van der Waals surface area contributed by atoms with E-state index >= 15 is 0 Å². The van der Waals surface area contributed by atoms with Gasteiger partial charge in [0.1, 0.15) is 6.04 Å². The van der Waals surface area contributed by atoms with Crippen LogP contribution < -0.4 is 10.6 Å². The largest absolute Gasteiger partial charge is 0.393 e. The number of rotatable bonds is 4. The predicted octanol–water partition coefficient (Wildman–Crippen LogP) is -0.526. The average Bonchev–Trinajstić information content (AvgIpc) is 2.76. The number of amides is 2. The topological polar surface area (TPSA) is 81.7 Å². The molecule has 2 saturated heterocycles. The van der Waals surface area contributed by atoms with Gasteiger partial charge in [0, 0.05) is 13.1 Å². The third kappa shape index (κ3) is 4.18. The highest BCUT2D eigenvalue weighted by atomic mass is 16.3. The molecule has 2 aliphatic rings. The van der Waals surface area contributed by atoms with Crippen molar-refractivity contribution in [2.24, 2.45) is 5.92 Å². The molecule has 114 valence electrons. The Balaban J connectivity index is 1.76. The van der Waals surface area contributed by atoms with E-state index in [0.29, 0.717) is 19.5 Å². The molecule has 3 N–H and O–H groups in total. The number of nitrogens with zero attached hydrogens (tertiary/aromatic N) is 1. The lowest BCUT2D eigenvalue weighted by molar-refractivity contribution is -0.129. The van der Waals surface area contributed by atoms with E-state index in [2.05, 4.69) is 10.6 Å². The number of hydrogen-bond donors (Lipinski definition) is 3. The zero-order chi connectivity index (χ0) is 14.5. The van der Waals surface area contributed by atoms with Gasteiger partial charge in [0.15, 0.2) is 0 Å². The van der Waals surface area contributed by atoms with Crippen molar-refractivity contribution in [3.8, 4) is 0 Å². The van der Waals surface area contributed by atoms with Crippen molar-refractivity contribution in [2.45, 2.75) is 44.8 Å². The molecule has 2 aliphatic heterocycles. The van der Waals surface area contributed by atoms with Crippen LogP contribution in [0.3, 0.4) is 0 Å². The number of likely N-dealkylation sites (tertiary alicyclic amines) is 1. The Bertz CT molecular complexity index is 360. The van der Waals surface area contributed by atoms with Crippen LogP contribution in [0.15, 0.2) is 0 Å². The average molecular weight is 283 g/mol. The molecule has 0 bridgehead atoms. The molecular formula is C14H25N3O3. The summed E-state index contributed by atoms with van der Waals surface area (Å²) in [5.41, 5.74) is 0. The zero-order valence-corrected chi connectivity index (χ0v) is 12.1. The highest BCUT2D eigenvalue weighted by molar-refractivity contribution is 5.88. The lowest BCUT2D eigenvalue weighted by atomic mass is 10.0. The van der Waals surface area contributed by atoms with Gasteiger partial charge in [-0.1, -0.05) is 0 Å². The molecule has 0 aromatic rings. The van der Waals surface area contributed by atoms with Gasteiger partial charge in [0.25, 0.3) is 0 Å². The Morgan fingerprint density at radius 2 is 2.30 bits per heavy atom. The minimum Gasteiger partial charge on any atom is -0.393 e. The fourth-order valence-corrected chi connectivity index (χ4v) is 2.92. The number of aliphatic hydroxyl groups is 1. The highest BCUT2D eigenvalue weighted by Crippen LogP contribution is 2.19. The van der Waals surface area contributed by atoms with Gasteiger partial charge in [-0.2, -0.15) is 0 Å². The van der Waals surface area contributed by atoms with E-state index in [1.54, 1.807) is 6.92 Å². The summed E-state index contributed by atoms with van der Waals surface area (Å²) in [7, 11) is 0. The van der Waals surface area contributed by atoms with Crippen molar-refractivity contribution >= 4 is 11.8 Å². The normalized spacial score (nSPS) is 29.6. The Morgan fingerprint density at radius 3 is 3.00 bits per heavy atom. The summed E-state index contributed by atoms with van der Waals surface area (Å²) < 4.78 is 0. The molecule has 2 amide bonds. The first-order valence-corrected chi connectivity index (χ1v) is 7.54. The Kier molecular flexibility index (Phi) is 5.37. The van der Waals surface area contributed by atoms with Crippen LogP contribution in [0.1, 0.15) is 32.6 Å². The minimum absolute atomic E-state index is 0.0703. The van der Waals surface area contributed by atoms with Gasteiger partial charge in [0.05, 0.1) is 12.6 Å². The second kappa shape index (κ2) is 7.04. The summed E-state index contributed by atoms with van der Waals surface area (Å²) in [6.45, 7) is 4.40. The van der Waals surface area contributed by atoms with Crippen LogP contribution in [0.5, 0.6) is 0 Å². The summed E-state index contributed by atoms with van der Waals surface area (Å²) in [6.07, 6.45) is 3.25. The van der Waals surface area contributed by atoms with Crippen LogP contribution in [0.25, 0.3) is 0 Å². The van der Waals surface area contributed by atoms with Gasteiger partial charge in [0.2, 0.25) is 11.8 Å². The summed E-state index contributed by atoms with van der Waals surface area (Å²) in [4.78, 5) is 25.8. The fourth-order valence-electron chi connectivity index (χ4n) is 2.92. The Hall–Kier alpha value is -1.14. The van der Waals surface area contributed by atoms with Crippen LogP contribution in [-0.4, -0.2) is 60.1 Å². The first-order valence-electron chi connectivity index (χ1n) is 7.54. The van der Waals surface area contributed by atoms with Crippen LogP contribution in [0, 0.1) is 5.92 Å². The second-order valence-electron chi connectivity index (χ2n) is 5.93. The zero-order valence-electron chi connectivity index (χ0n) is 12.1. The monoisotopic (exact) mass is 283 g/mol. The SMILES string of the molecule is C[C@H](O)[C@@H]1CCN(CC(=O)N[C@H]2CCCCNC2=O)C1. The van der Waals surface area contributed by atoms with Crippen molar-refractivity contribution in [1.29, 1.82) is 0 Å². The summed E-state index contributed by atoms with van der Waals surface area (Å²) in [5.74, 6) is 0.0846. The third-order valence-electron chi connectivity index (χ3n) is 4.23. The van der Waals surface area contributed by atoms with E-state index in [1.165, 1.54) is 0 Å². The summed E-state index contributed by atoms with van der Waals surface area (Å²) in [6, 6.07) is -0.389. The maximum atomic E-state index is 12.0. The summed E-state index contributed by atoms with van der Waals surface area (Å²) in [5, 5.41) is 15.2. The maximum absolute atomic E-state index is 12.0. The van der Waals surface area contributed by atoms with Crippen molar-refractivity contribution in [2.75, 3.05) is 26.2 Å². The van der Waals surface area contributed by atoms with Crippen LogP contribution in [0.2, 0.25) is 0 Å². The van der Waals surface area contributed by atoms with Crippen molar-refractivity contribution < 1.29 is 14.7 Å². The van der Waals surface area contributed by atoms with Gasteiger partial charge < -0.3 is 15.7 Å². The molecule has 2 heterocycles. The van der Waals surface area contributed by atoms with Crippen molar-refractivity contribution in [3.63, 3.8) is 0 Å². The number of carbonyl (C=O) groups excluding carboxylic acids is 2. The van der Waals surface area contributed by atoms with E-state index in [9.17, 15) is 14.7 Å². The molecule has 6 heteroatoms. The van der Waals surface area contributed by atoms with Crippen molar-refractivity contribution in [1.82, 2.24) is 15.5 Å². The molecule has 0 saturated carbocycles. The minimum atomic E-state index is -0.389. The number of hydrogen-bond acceptors (Lipinski definition) is 4. The van der Waals surface area contributed by atoms with Gasteiger partial charge in [-0.15, -0.1) is 0 Å².